The zero-order valence-electron chi connectivity index (χ0n) is 17.2. The standard InChI is InChI=1S/C22H30ClN3O3/c1-3-15(4-2)22(29)25-12-9-17(10-13-25)24-21(28)18-8-7-16(23)14-19(18)26-11-5-6-20(26)27/h7-8,14-15,17H,3-6,9-13H2,1-2H3,(H,24,28). The van der Waals surface area contributed by atoms with Crippen LogP contribution in [0.5, 0.6) is 0 Å². The molecule has 3 amide bonds. The van der Waals surface area contributed by atoms with Crippen LogP contribution in [0.25, 0.3) is 0 Å². The van der Waals surface area contributed by atoms with Crippen LogP contribution in [0.15, 0.2) is 18.2 Å². The molecule has 1 aromatic rings. The quantitative estimate of drug-likeness (QED) is 0.765. The molecule has 0 saturated carbocycles. The first-order valence-corrected chi connectivity index (χ1v) is 11.0. The van der Waals surface area contributed by atoms with E-state index >= 15 is 0 Å². The van der Waals surface area contributed by atoms with E-state index in [9.17, 15) is 14.4 Å². The van der Waals surface area contributed by atoms with Gasteiger partial charge in [-0.25, -0.2) is 0 Å². The van der Waals surface area contributed by atoms with Crippen LogP contribution < -0.4 is 10.2 Å². The van der Waals surface area contributed by atoms with Crippen molar-refractivity contribution in [3.63, 3.8) is 0 Å². The molecule has 2 heterocycles. The van der Waals surface area contributed by atoms with Crippen molar-refractivity contribution in [3.8, 4) is 0 Å². The van der Waals surface area contributed by atoms with Crippen LogP contribution in [-0.4, -0.2) is 48.3 Å². The number of hydrogen-bond acceptors (Lipinski definition) is 3. The van der Waals surface area contributed by atoms with Crippen LogP contribution in [0.2, 0.25) is 5.02 Å². The Morgan fingerprint density at radius 2 is 1.86 bits per heavy atom. The number of piperidine rings is 1. The third-order valence-electron chi connectivity index (χ3n) is 6.05. The van der Waals surface area contributed by atoms with E-state index in [0.29, 0.717) is 42.3 Å². The van der Waals surface area contributed by atoms with Crippen molar-refractivity contribution in [3.05, 3.63) is 28.8 Å². The van der Waals surface area contributed by atoms with Gasteiger partial charge in [0.25, 0.3) is 5.91 Å². The summed E-state index contributed by atoms with van der Waals surface area (Å²) in [5, 5.41) is 3.60. The number of rotatable bonds is 6. The fraction of sp³-hybridized carbons (Fsp3) is 0.591. The number of halogens is 1. The van der Waals surface area contributed by atoms with Gasteiger partial charge in [-0.3, -0.25) is 14.4 Å². The van der Waals surface area contributed by atoms with E-state index in [2.05, 4.69) is 5.32 Å². The van der Waals surface area contributed by atoms with Gasteiger partial charge in [0.15, 0.2) is 0 Å². The van der Waals surface area contributed by atoms with Gasteiger partial charge in [-0.1, -0.05) is 25.4 Å². The molecule has 3 rings (SSSR count). The van der Waals surface area contributed by atoms with E-state index in [1.165, 1.54) is 0 Å². The first-order valence-electron chi connectivity index (χ1n) is 10.6. The summed E-state index contributed by atoms with van der Waals surface area (Å²) in [7, 11) is 0. The third kappa shape index (κ3) is 4.92. The maximum atomic E-state index is 13.0. The number of benzene rings is 1. The summed E-state index contributed by atoms with van der Waals surface area (Å²) < 4.78 is 0. The molecule has 0 aromatic heterocycles. The van der Waals surface area contributed by atoms with Crippen LogP contribution in [0.1, 0.15) is 62.7 Å². The Labute approximate surface area is 177 Å². The molecule has 0 atom stereocenters. The maximum absolute atomic E-state index is 13.0. The molecule has 1 aromatic carbocycles. The van der Waals surface area contributed by atoms with E-state index in [0.717, 1.165) is 32.1 Å². The first-order chi connectivity index (χ1) is 13.9. The van der Waals surface area contributed by atoms with Crippen molar-refractivity contribution in [2.75, 3.05) is 24.5 Å². The minimum atomic E-state index is -0.193. The molecular formula is C22H30ClN3O3. The molecule has 29 heavy (non-hydrogen) atoms. The SMILES string of the molecule is CCC(CC)C(=O)N1CCC(NC(=O)c2ccc(Cl)cc2N2CCCC2=O)CC1. The van der Waals surface area contributed by atoms with Crippen molar-refractivity contribution in [2.45, 2.75) is 58.4 Å². The van der Waals surface area contributed by atoms with E-state index in [1.807, 2.05) is 18.7 Å². The number of anilines is 1. The van der Waals surface area contributed by atoms with Crippen LogP contribution >= 0.6 is 11.6 Å². The average Bonchev–Trinajstić information content (AvgIpc) is 3.15. The van der Waals surface area contributed by atoms with Gasteiger partial charge < -0.3 is 15.1 Å². The van der Waals surface area contributed by atoms with Gasteiger partial charge in [0.05, 0.1) is 11.3 Å². The topological polar surface area (TPSA) is 69.7 Å². The van der Waals surface area contributed by atoms with Gasteiger partial charge in [-0.2, -0.15) is 0 Å². The Balaban J connectivity index is 1.63. The minimum absolute atomic E-state index is 0.0195. The molecule has 0 bridgehead atoms. The fourth-order valence-corrected chi connectivity index (χ4v) is 4.39. The van der Waals surface area contributed by atoms with Gasteiger partial charge in [0.2, 0.25) is 11.8 Å². The third-order valence-corrected chi connectivity index (χ3v) is 6.28. The van der Waals surface area contributed by atoms with Crippen molar-refractivity contribution in [1.82, 2.24) is 10.2 Å². The second kappa shape index (κ2) is 9.61. The van der Waals surface area contributed by atoms with Crippen LogP contribution in [-0.2, 0) is 9.59 Å². The molecular weight excluding hydrogens is 390 g/mol. The molecule has 1 N–H and O–H groups in total. The second-order valence-corrected chi connectivity index (χ2v) is 8.33. The molecule has 0 unspecified atom stereocenters. The molecule has 2 aliphatic heterocycles. The summed E-state index contributed by atoms with van der Waals surface area (Å²) in [4.78, 5) is 41.3. The molecule has 0 aliphatic carbocycles. The maximum Gasteiger partial charge on any atom is 0.253 e. The lowest BCUT2D eigenvalue weighted by Gasteiger charge is -2.34. The number of carbonyl (C=O) groups excluding carboxylic acids is 3. The first kappa shape index (κ1) is 21.6. The highest BCUT2D eigenvalue weighted by molar-refractivity contribution is 6.31. The van der Waals surface area contributed by atoms with Crippen LogP contribution in [0.3, 0.4) is 0 Å². The monoisotopic (exact) mass is 419 g/mol. The number of hydrogen-bond donors (Lipinski definition) is 1. The van der Waals surface area contributed by atoms with Gasteiger partial charge in [-0.15, -0.1) is 0 Å². The van der Waals surface area contributed by atoms with Crippen molar-refractivity contribution in [1.29, 1.82) is 0 Å². The number of amides is 3. The van der Waals surface area contributed by atoms with Gasteiger partial charge in [-0.05, 0) is 50.3 Å². The fourth-order valence-electron chi connectivity index (χ4n) is 4.23. The normalized spacial score (nSPS) is 17.9. The van der Waals surface area contributed by atoms with Gasteiger partial charge in [0, 0.05) is 43.0 Å². The average molecular weight is 420 g/mol. The van der Waals surface area contributed by atoms with Gasteiger partial charge >= 0.3 is 0 Å². The van der Waals surface area contributed by atoms with Crippen molar-refractivity contribution < 1.29 is 14.4 Å². The Morgan fingerprint density at radius 1 is 1.17 bits per heavy atom. The van der Waals surface area contributed by atoms with E-state index in [-0.39, 0.29) is 29.7 Å². The summed E-state index contributed by atoms with van der Waals surface area (Å²) in [6.07, 6.45) is 4.49. The molecule has 2 fully saturated rings. The zero-order chi connectivity index (χ0) is 21.0. The summed E-state index contributed by atoms with van der Waals surface area (Å²) in [6.45, 7) is 6.04. The highest BCUT2D eigenvalue weighted by Crippen LogP contribution is 2.29. The van der Waals surface area contributed by atoms with E-state index in [1.54, 1.807) is 23.1 Å². The Kier molecular flexibility index (Phi) is 7.17. The molecule has 158 valence electrons. The Hall–Kier alpha value is -2.08. The molecule has 0 spiro atoms. The van der Waals surface area contributed by atoms with Crippen molar-refractivity contribution in [2.24, 2.45) is 5.92 Å². The lowest BCUT2D eigenvalue weighted by atomic mass is 9.98. The molecule has 2 saturated heterocycles. The number of nitrogens with one attached hydrogen (secondary N) is 1. The molecule has 7 heteroatoms. The molecule has 0 radical (unpaired) electrons. The minimum Gasteiger partial charge on any atom is -0.349 e. The largest absolute Gasteiger partial charge is 0.349 e. The van der Waals surface area contributed by atoms with Crippen LogP contribution in [0.4, 0.5) is 5.69 Å². The van der Waals surface area contributed by atoms with Crippen molar-refractivity contribution >= 4 is 35.0 Å². The predicted octanol–water partition coefficient (Wildman–Crippen LogP) is 3.62. The molecule has 6 nitrogen and oxygen atoms in total. The smallest absolute Gasteiger partial charge is 0.253 e. The zero-order valence-corrected chi connectivity index (χ0v) is 18.0. The number of likely N-dealkylation sites (tertiary alicyclic amines) is 1. The molecule has 2 aliphatic rings. The van der Waals surface area contributed by atoms with Gasteiger partial charge in [0.1, 0.15) is 0 Å². The Bertz CT molecular complexity index is 771. The lowest BCUT2D eigenvalue weighted by Crippen LogP contribution is -2.48. The summed E-state index contributed by atoms with van der Waals surface area (Å²) >= 11 is 6.13. The van der Waals surface area contributed by atoms with Crippen LogP contribution in [0, 0.1) is 5.92 Å². The number of nitrogens with zero attached hydrogens (tertiary/aromatic N) is 2. The summed E-state index contributed by atoms with van der Waals surface area (Å²) in [5.74, 6) is 0.152. The lowest BCUT2D eigenvalue weighted by molar-refractivity contribution is -0.136. The summed E-state index contributed by atoms with van der Waals surface area (Å²) in [5.41, 5.74) is 1.05. The highest BCUT2D eigenvalue weighted by Gasteiger charge is 2.29. The summed E-state index contributed by atoms with van der Waals surface area (Å²) in [6, 6.07) is 5.07. The van der Waals surface area contributed by atoms with E-state index < -0.39 is 0 Å². The second-order valence-electron chi connectivity index (χ2n) is 7.90. The predicted molar refractivity (Wildman–Crippen MR) is 114 cm³/mol. The van der Waals surface area contributed by atoms with E-state index in [4.69, 9.17) is 11.6 Å². The Morgan fingerprint density at radius 3 is 2.45 bits per heavy atom. The highest BCUT2D eigenvalue weighted by atomic mass is 35.5. The number of carbonyl (C=O) groups is 3.